The zero-order valence-electron chi connectivity index (χ0n) is 14.9. The van der Waals surface area contributed by atoms with Gasteiger partial charge in [-0.25, -0.2) is 14.4 Å². The van der Waals surface area contributed by atoms with Gasteiger partial charge in [0.15, 0.2) is 0 Å². The van der Waals surface area contributed by atoms with Gasteiger partial charge < -0.3 is 21.1 Å². The Labute approximate surface area is 163 Å². The highest BCUT2D eigenvalue weighted by Crippen LogP contribution is 2.20. The van der Waals surface area contributed by atoms with Gasteiger partial charge in [-0.3, -0.25) is 4.79 Å². The van der Waals surface area contributed by atoms with Gasteiger partial charge >= 0.3 is 6.61 Å². The number of nitrogens with zero attached hydrogens (tertiary/aromatic N) is 2. The third kappa shape index (κ3) is 5.34. The summed E-state index contributed by atoms with van der Waals surface area (Å²) < 4.78 is 42.6. The van der Waals surface area contributed by atoms with Crippen LogP contribution in [-0.4, -0.2) is 22.5 Å². The molecule has 1 amide bonds. The highest BCUT2D eigenvalue weighted by atomic mass is 19.3. The summed E-state index contributed by atoms with van der Waals surface area (Å²) in [7, 11) is 0. The number of hydrogen-bond donors (Lipinski definition) is 3. The molecule has 4 N–H and O–H groups in total. The number of hydrogen-bond acceptors (Lipinski definition) is 6. The molecule has 0 saturated heterocycles. The van der Waals surface area contributed by atoms with E-state index < -0.39 is 18.3 Å². The van der Waals surface area contributed by atoms with Crippen molar-refractivity contribution in [1.29, 1.82) is 0 Å². The Kier molecular flexibility index (Phi) is 6.12. The smallest absolute Gasteiger partial charge is 0.387 e. The number of amides is 1. The number of anilines is 3. The zero-order chi connectivity index (χ0) is 20.8. The molecule has 3 rings (SSSR count). The molecule has 0 radical (unpaired) electrons. The molecule has 0 bridgehead atoms. The van der Waals surface area contributed by atoms with Crippen LogP contribution in [0.1, 0.15) is 16.1 Å². The Morgan fingerprint density at radius 2 is 2.00 bits per heavy atom. The molecule has 150 valence electrons. The van der Waals surface area contributed by atoms with Gasteiger partial charge in [-0.05, 0) is 42.5 Å². The maximum absolute atomic E-state index is 14.1. The van der Waals surface area contributed by atoms with Crippen LogP contribution in [-0.2, 0) is 6.54 Å². The van der Waals surface area contributed by atoms with E-state index >= 15 is 0 Å². The molecule has 3 aromatic rings. The van der Waals surface area contributed by atoms with Crippen LogP contribution in [0, 0.1) is 5.82 Å². The minimum absolute atomic E-state index is 0.0150. The first-order chi connectivity index (χ1) is 13.9. The average Bonchev–Trinajstić information content (AvgIpc) is 2.69. The second-order valence-corrected chi connectivity index (χ2v) is 5.81. The molecule has 2 heterocycles. The van der Waals surface area contributed by atoms with Crippen LogP contribution in [0.4, 0.5) is 30.4 Å². The zero-order valence-corrected chi connectivity index (χ0v) is 14.9. The number of aromatic nitrogens is 2. The fourth-order valence-electron chi connectivity index (χ4n) is 2.43. The number of pyridine rings is 2. The molecule has 1 aromatic carbocycles. The summed E-state index contributed by atoms with van der Waals surface area (Å²) in [6.07, 6.45) is 2.55. The number of carbonyl (C=O) groups is 1. The number of nitrogens with one attached hydrogen (secondary N) is 2. The van der Waals surface area contributed by atoms with Gasteiger partial charge in [0.05, 0.1) is 11.9 Å². The monoisotopic (exact) mass is 403 g/mol. The van der Waals surface area contributed by atoms with E-state index in [-0.39, 0.29) is 23.8 Å². The van der Waals surface area contributed by atoms with E-state index in [9.17, 15) is 18.0 Å². The Morgan fingerprint density at radius 1 is 1.17 bits per heavy atom. The standard InChI is InChI=1S/C19H16F3N5O2/c20-14-5-3-12(8-11(14)9-25-15-2-1-7-24-17(15)23)27-18(28)16-6-4-13(10-26-16)29-19(21)22/h1-8,10,19,25H,9H2,(H2,23,24)(H,27,28). The molecule has 0 fully saturated rings. The van der Waals surface area contributed by atoms with Crippen molar-refractivity contribution in [3.63, 3.8) is 0 Å². The first kappa shape index (κ1) is 19.9. The molecule has 0 spiro atoms. The lowest BCUT2D eigenvalue weighted by Gasteiger charge is -2.11. The summed E-state index contributed by atoms with van der Waals surface area (Å²) in [5, 5.41) is 5.55. The minimum atomic E-state index is -2.98. The van der Waals surface area contributed by atoms with E-state index in [2.05, 4.69) is 25.3 Å². The molecule has 0 unspecified atom stereocenters. The fraction of sp³-hybridized carbons (Fsp3) is 0.105. The lowest BCUT2D eigenvalue weighted by molar-refractivity contribution is -0.0500. The van der Waals surface area contributed by atoms with E-state index in [0.29, 0.717) is 16.9 Å². The van der Waals surface area contributed by atoms with Crippen molar-refractivity contribution in [3.8, 4) is 5.75 Å². The van der Waals surface area contributed by atoms with Crippen molar-refractivity contribution in [2.45, 2.75) is 13.2 Å². The number of nitrogens with two attached hydrogens (primary N) is 1. The second kappa shape index (κ2) is 8.91. The van der Waals surface area contributed by atoms with Gasteiger partial charge in [-0.15, -0.1) is 0 Å². The van der Waals surface area contributed by atoms with E-state index in [1.54, 1.807) is 12.1 Å². The number of benzene rings is 1. The second-order valence-electron chi connectivity index (χ2n) is 5.81. The largest absolute Gasteiger partial charge is 0.433 e. The molecule has 10 heteroatoms. The highest BCUT2D eigenvalue weighted by molar-refractivity contribution is 6.02. The summed E-state index contributed by atoms with van der Waals surface area (Å²) in [5.74, 6) is -0.940. The minimum Gasteiger partial charge on any atom is -0.433 e. The van der Waals surface area contributed by atoms with Gasteiger partial charge in [0, 0.05) is 24.0 Å². The van der Waals surface area contributed by atoms with Crippen molar-refractivity contribution in [2.24, 2.45) is 0 Å². The Bertz CT molecular complexity index is 999. The van der Waals surface area contributed by atoms with Crippen molar-refractivity contribution < 1.29 is 22.7 Å². The molecule has 29 heavy (non-hydrogen) atoms. The quantitative estimate of drug-likeness (QED) is 0.556. The van der Waals surface area contributed by atoms with Crippen LogP contribution in [0.15, 0.2) is 54.9 Å². The predicted molar refractivity (Wildman–Crippen MR) is 101 cm³/mol. The average molecular weight is 403 g/mol. The maximum Gasteiger partial charge on any atom is 0.387 e. The van der Waals surface area contributed by atoms with E-state index in [4.69, 9.17) is 5.73 Å². The van der Waals surface area contributed by atoms with Crippen molar-refractivity contribution in [3.05, 3.63) is 71.9 Å². The van der Waals surface area contributed by atoms with E-state index in [0.717, 1.165) is 6.20 Å². The highest BCUT2D eigenvalue weighted by Gasteiger charge is 2.12. The van der Waals surface area contributed by atoms with Gasteiger partial charge in [0.2, 0.25) is 0 Å². The molecule has 0 aliphatic rings. The molecule has 0 aliphatic heterocycles. The van der Waals surface area contributed by atoms with E-state index in [1.165, 1.54) is 36.5 Å². The number of carbonyl (C=O) groups excluding carboxylic acids is 1. The molecule has 7 nitrogen and oxygen atoms in total. The molecular weight excluding hydrogens is 387 g/mol. The summed E-state index contributed by atoms with van der Waals surface area (Å²) in [6.45, 7) is -2.87. The van der Waals surface area contributed by atoms with Crippen LogP contribution < -0.4 is 21.1 Å². The summed E-state index contributed by atoms with van der Waals surface area (Å²) in [5.41, 5.74) is 6.90. The van der Waals surface area contributed by atoms with Crippen LogP contribution in [0.2, 0.25) is 0 Å². The summed E-state index contributed by atoms with van der Waals surface area (Å²) in [4.78, 5) is 20.0. The van der Waals surface area contributed by atoms with Crippen molar-refractivity contribution in [1.82, 2.24) is 9.97 Å². The third-order valence-electron chi connectivity index (χ3n) is 3.81. The van der Waals surface area contributed by atoms with Gasteiger partial charge in [-0.2, -0.15) is 8.78 Å². The number of ether oxygens (including phenoxy) is 1. The number of nitrogen functional groups attached to an aromatic ring is 1. The first-order valence-corrected chi connectivity index (χ1v) is 8.37. The molecule has 2 aromatic heterocycles. The third-order valence-corrected chi connectivity index (χ3v) is 3.81. The van der Waals surface area contributed by atoms with Gasteiger partial charge in [0.25, 0.3) is 5.91 Å². The molecule has 0 atom stereocenters. The molecule has 0 saturated carbocycles. The lowest BCUT2D eigenvalue weighted by atomic mass is 10.1. The fourth-order valence-corrected chi connectivity index (χ4v) is 2.43. The Morgan fingerprint density at radius 3 is 2.69 bits per heavy atom. The van der Waals surface area contributed by atoms with Crippen LogP contribution in [0.25, 0.3) is 0 Å². The van der Waals surface area contributed by atoms with Gasteiger partial charge in [-0.1, -0.05) is 0 Å². The van der Waals surface area contributed by atoms with E-state index in [1.807, 2.05) is 0 Å². The Balaban J connectivity index is 1.67. The van der Waals surface area contributed by atoms with Crippen LogP contribution in [0.5, 0.6) is 5.75 Å². The lowest BCUT2D eigenvalue weighted by Crippen LogP contribution is -2.14. The number of rotatable bonds is 7. The normalized spacial score (nSPS) is 10.6. The molecular formula is C19H16F3N5O2. The SMILES string of the molecule is Nc1ncccc1NCc1cc(NC(=O)c2ccc(OC(F)F)cn2)ccc1F. The van der Waals surface area contributed by atoms with Crippen molar-refractivity contribution >= 4 is 23.1 Å². The molecule has 0 aliphatic carbocycles. The van der Waals surface area contributed by atoms with Gasteiger partial charge in [0.1, 0.15) is 23.1 Å². The summed E-state index contributed by atoms with van der Waals surface area (Å²) in [6, 6.07) is 9.91. The van der Waals surface area contributed by atoms with Crippen LogP contribution in [0.3, 0.4) is 0 Å². The predicted octanol–water partition coefficient (Wildman–Crippen LogP) is 3.66. The number of halogens is 3. The summed E-state index contributed by atoms with van der Waals surface area (Å²) >= 11 is 0. The number of alkyl halides is 2. The van der Waals surface area contributed by atoms with Crippen LogP contribution >= 0.6 is 0 Å². The first-order valence-electron chi connectivity index (χ1n) is 8.37. The Hall–Kier alpha value is -3.82. The topological polar surface area (TPSA) is 102 Å². The maximum atomic E-state index is 14.1. The van der Waals surface area contributed by atoms with Crippen molar-refractivity contribution in [2.75, 3.05) is 16.4 Å².